The summed E-state index contributed by atoms with van der Waals surface area (Å²) in [4.78, 5) is 15.7. The third-order valence-corrected chi connectivity index (χ3v) is 2.97. The minimum absolute atomic E-state index is 0.0460. The number of hydrogen-bond donors (Lipinski definition) is 0. The topological polar surface area (TPSA) is 47.3 Å². The zero-order valence-corrected chi connectivity index (χ0v) is 10.1. The van der Waals surface area contributed by atoms with Crippen molar-refractivity contribution in [2.24, 2.45) is 0 Å². The van der Waals surface area contributed by atoms with E-state index in [0.717, 1.165) is 12.2 Å². The van der Waals surface area contributed by atoms with Gasteiger partial charge in [0.1, 0.15) is 0 Å². The smallest absolute Gasteiger partial charge is 0.320 e. The number of amides is 2. The Morgan fingerprint density at radius 3 is 2.35 bits per heavy atom. The number of carbonyl (C=O) groups is 1. The summed E-state index contributed by atoms with van der Waals surface area (Å²) < 4.78 is 0. The van der Waals surface area contributed by atoms with E-state index in [1.807, 2.05) is 30.9 Å². The van der Waals surface area contributed by atoms with Crippen molar-refractivity contribution in [3.63, 3.8) is 0 Å². The molecule has 0 saturated carbocycles. The van der Waals surface area contributed by atoms with Gasteiger partial charge < -0.3 is 4.90 Å². The molecule has 1 aliphatic rings. The van der Waals surface area contributed by atoms with E-state index < -0.39 is 0 Å². The number of anilines is 1. The molecule has 0 N–H and O–H groups in total. The summed E-state index contributed by atoms with van der Waals surface area (Å²) in [6, 6.07) is 9.46. The summed E-state index contributed by atoms with van der Waals surface area (Å²) in [5, 5.41) is 8.72. The van der Waals surface area contributed by atoms with Crippen LogP contribution < -0.4 is 4.90 Å². The predicted molar refractivity (Wildman–Crippen MR) is 65.7 cm³/mol. The van der Waals surface area contributed by atoms with Crippen molar-refractivity contribution in [1.29, 1.82) is 5.26 Å². The maximum Gasteiger partial charge on any atom is 0.324 e. The second-order valence-corrected chi connectivity index (χ2v) is 4.38. The molecular formula is C13H15N3O. The Bertz CT molecular complexity index is 459. The monoisotopic (exact) mass is 229 g/mol. The first-order chi connectivity index (χ1) is 8.13. The Balaban J connectivity index is 2.19. The van der Waals surface area contributed by atoms with Crippen molar-refractivity contribution in [2.75, 3.05) is 18.0 Å². The van der Waals surface area contributed by atoms with Crippen molar-refractivity contribution in [3.8, 4) is 6.07 Å². The van der Waals surface area contributed by atoms with E-state index >= 15 is 0 Å². The summed E-state index contributed by atoms with van der Waals surface area (Å²) >= 11 is 0. The van der Waals surface area contributed by atoms with Gasteiger partial charge in [-0.1, -0.05) is 0 Å². The van der Waals surface area contributed by atoms with E-state index in [4.69, 9.17) is 5.26 Å². The molecule has 2 amide bonds. The lowest BCUT2D eigenvalue weighted by atomic mass is 10.2. The first-order valence-electron chi connectivity index (χ1n) is 5.72. The molecule has 1 heterocycles. The van der Waals surface area contributed by atoms with Gasteiger partial charge in [0, 0.05) is 24.8 Å². The molecule has 0 radical (unpaired) electrons. The highest BCUT2D eigenvalue weighted by molar-refractivity contribution is 5.94. The van der Waals surface area contributed by atoms with Gasteiger partial charge in [0.05, 0.1) is 11.6 Å². The molecule has 0 spiro atoms. The largest absolute Gasteiger partial charge is 0.324 e. The van der Waals surface area contributed by atoms with Crippen LogP contribution in [-0.4, -0.2) is 30.1 Å². The van der Waals surface area contributed by atoms with Crippen molar-refractivity contribution >= 4 is 11.7 Å². The van der Waals surface area contributed by atoms with Crippen LogP contribution in [0, 0.1) is 11.3 Å². The summed E-state index contributed by atoms with van der Waals surface area (Å²) in [6.07, 6.45) is 0. The Morgan fingerprint density at radius 2 is 1.88 bits per heavy atom. The van der Waals surface area contributed by atoms with Gasteiger partial charge in [-0.3, -0.25) is 4.90 Å². The molecule has 0 bridgehead atoms. The van der Waals surface area contributed by atoms with E-state index in [9.17, 15) is 4.79 Å². The first kappa shape index (κ1) is 11.5. The molecule has 17 heavy (non-hydrogen) atoms. The lowest BCUT2D eigenvalue weighted by Crippen LogP contribution is -2.36. The lowest BCUT2D eigenvalue weighted by molar-refractivity contribution is 0.209. The van der Waals surface area contributed by atoms with Crippen LogP contribution in [0.15, 0.2) is 24.3 Å². The highest BCUT2D eigenvalue weighted by Crippen LogP contribution is 2.21. The molecule has 1 aromatic rings. The number of nitriles is 1. The molecule has 1 fully saturated rings. The van der Waals surface area contributed by atoms with Gasteiger partial charge in [0.2, 0.25) is 0 Å². The predicted octanol–water partition coefficient (Wildman–Crippen LogP) is 2.21. The van der Waals surface area contributed by atoms with E-state index in [1.54, 1.807) is 17.0 Å². The van der Waals surface area contributed by atoms with Crippen molar-refractivity contribution in [1.82, 2.24) is 4.90 Å². The Morgan fingerprint density at radius 1 is 1.24 bits per heavy atom. The second-order valence-electron chi connectivity index (χ2n) is 4.38. The summed E-state index contributed by atoms with van der Waals surface area (Å²) in [6.45, 7) is 5.50. The summed E-state index contributed by atoms with van der Waals surface area (Å²) in [5.74, 6) is 0. The standard InChI is InChI=1S/C13H15N3O/c1-10(2)15-7-8-16(13(15)17)12-5-3-11(9-14)4-6-12/h3-6,10H,7-8H2,1-2H3. The van der Waals surface area contributed by atoms with E-state index in [0.29, 0.717) is 12.1 Å². The third kappa shape index (κ3) is 2.09. The Hall–Kier alpha value is -2.02. The zero-order valence-electron chi connectivity index (χ0n) is 10.1. The van der Waals surface area contributed by atoms with Crippen molar-refractivity contribution < 1.29 is 4.79 Å². The molecular weight excluding hydrogens is 214 g/mol. The molecule has 1 aromatic carbocycles. The van der Waals surface area contributed by atoms with Gasteiger partial charge in [0.25, 0.3) is 0 Å². The fourth-order valence-electron chi connectivity index (χ4n) is 1.99. The molecule has 2 rings (SSSR count). The van der Waals surface area contributed by atoms with Crippen LogP contribution in [0.5, 0.6) is 0 Å². The van der Waals surface area contributed by atoms with E-state index in [1.165, 1.54) is 0 Å². The van der Waals surface area contributed by atoms with Crippen LogP contribution in [-0.2, 0) is 0 Å². The fourth-order valence-corrected chi connectivity index (χ4v) is 1.99. The van der Waals surface area contributed by atoms with Gasteiger partial charge in [0.15, 0.2) is 0 Å². The minimum atomic E-state index is 0.0460. The van der Waals surface area contributed by atoms with Gasteiger partial charge in [-0.25, -0.2) is 4.79 Å². The highest BCUT2D eigenvalue weighted by atomic mass is 16.2. The number of rotatable bonds is 2. The van der Waals surface area contributed by atoms with E-state index in [2.05, 4.69) is 6.07 Å². The lowest BCUT2D eigenvalue weighted by Gasteiger charge is -2.21. The van der Waals surface area contributed by atoms with Crippen LogP contribution in [0.1, 0.15) is 19.4 Å². The molecule has 0 unspecified atom stereocenters. The van der Waals surface area contributed by atoms with E-state index in [-0.39, 0.29) is 12.1 Å². The quantitative estimate of drug-likeness (QED) is 0.780. The number of nitrogens with zero attached hydrogens (tertiary/aromatic N) is 3. The van der Waals surface area contributed by atoms with Gasteiger partial charge in [-0.15, -0.1) is 0 Å². The van der Waals surface area contributed by atoms with Crippen molar-refractivity contribution in [3.05, 3.63) is 29.8 Å². The Kier molecular flexibility index (Phi) is 3.01. The average molecular weight is 229 g/mol. The number of carbonyl (C=O) groups excluding carboxylic acids is 1. The van der Waals surface area contributed by atoms with Crippen LogP contribution in [0.2, 0.25) is 0 Å². The fraction of sp³-hybridized carbons (Fsp3) is 0.385. The maximum atomic E-state index is 12.1. The van der Waals surface area contributed by atoms with Gasteiger partial charge >= 0.3 is 6.03 Å². The molecule has 0 atom stereocenters. The molecule has 0 aliphatic carbocycles. The van der Waals surface area contributed by atoms with Crippen LogP contribution in [0.25, 0.3) is 0 Å². The number of benzene rings is 1. The minimum Gasteiger partial charge on any atom is -0.320 e. The highest BCUT2D eigenvalue weighted by Gasteiger charge is 2.30. The molecule has 4 heteroatoms. The maximum absolute atomic E-state index is 12.1. The second kappa shape index (κ2) is 4.46. The molecule has 1 aliphatic heterocycles. The van der Waals surface area contributed by atoms with Gasteiger partial charge in [-0.2, -0.15) is 5.26 Å². The van der Waals surface area contributed by atoms with Gasteiger partial charge in [-0.05, 0) is 38.1 Å². The van der Waals surface area contributed by atoms with Crippen LogP contribution in [0.3, 0.4) is 0 Å². The van der Waals surface area contributed by atoms with Crippen LogP contribution >= 0.6 is 0 Å². The third-order valence-electron chi connectivity index (χ3n) is 2.97. The summed E-state index contributed by atoms with van der Waals surface area (Å²) in [5.41, 5.74) is 1.47. The zero-order chi connectivity index (χ0) is 12.4. The molecule has 88 valence electrons. The summed E-state index contributed by atoms with van der Waals surface area (Å²) in [7, 11) is 0. The molecule has 1 saturated heterocycles. The SMILES string of the molecule is CC(C)N1CCN(c2ccc(C#N)cc2)C1=O. The Labute approximate surface area is 101 Å². The van der Waals surface area contributed by atoms with Crippen molar-refractivity contribution in [2.45, 2.75) is 19.9 Å². The normalized spacial score (nSPS) is 15.5. The molecule has 4 nitrogen and oxygen atoms in total. The average Bonchev–Trinajstić information content (AvgIpc) is 2.71. The number of hydrogen-bond acceptors (Lipinski definition) is 2. The first-order valence-corrected chi connectivity index (χ1v) is 5.72. The van der Waals surface area contributed by atoms with Crippen LogP contribution in [0.4, 0.5) is 10.5 Å². The number of urea groups is 1. The molecule has 0 aromatic heterocycles.